The second kappa shape index (κ2) is 8.57. The number of amides is 1. The van der Waals surface area contributed by atoms with E-state index in [1.54, 1.807) is 0 Å². The van der Waals surface area contributed by atoms with Gasteiger partial charge in [-0.05, 0) is 42.5 Å². The Labute approximate surface area is 186 Å². The molecule has 0 radical (unpaired) electrons. The molecule has 13 heteroatoms. The van der Waals surface area contributed by atoms with Crippen molar-refractivity contribution in [2.75, 3.05) is 0 Å². The van der Waals surface area contributed by atoms with Gasteiger partial charge < -0.3 is 14.2 Å². The van der Waals surface area contributed by atoms with Crippen LogP contribution < -0.4 is 14.9 Å². The summed E-state index contributed by atoms with van der Waals surface area (Å²) < 4.78 is 70.3. The Kier molecular flexibility index (Phi) is 5.95. The highest BCUT2D eigenvalue weighted by atomic mass is 32.2. The van der Waals surface area contributed by atoms with Crippen LogP contribution in [-0.4, -0.2) is 43.4 Å². The Bertz CT molecular complexity index is 1170. The Morgan fingerprint density at radius 1 is 1.12 bits per heavy atom. The van der Waals surface area contributed by atoms with Crippen LogP contribution in [0.15, 0.2) is 47.4 Å². The summed E-state index contributed by atoms with van der Waals surface area (Å²) in [5.74, 6) is -2.11. The highest BCUT2D eigenvalue weighted by Gasteiger charge is 2.58. The van der Waals surface area contributed by atoms with Crippen molar-refractivity contribution in [2.24, 2.45) is 0 Å². The summed E-state index contributed by atoms with van der Waals surface area (Å²) in [6.45, 7) is -0.283. The third kappa shape index (κ3) is 4.60. The molecule has 1 amide bonds. The smallest absolute Gasteiger partial charge is 0.489 e. The minimum Gasteiger partial charge on any atom is -0.489 e. The predicted molar refractivity (Wildman–Crippen MR) is 104 cm³/mol. The average Bonchev–Trinajstić information content (AvgIpc) is 3.28. The number of hydrogen-bond donors (Lipinski definition) is 3. The van der Waals surface area contributed by atoms with Gasteiger partial charge in [-0.15, -0.1) is 0 Å². The van der Waals surface area contributed by atoms with Gasteiger partial charge in [-0.2, -0.15) is 4.72 Å². The molecule has 1 heterocycles. The van der Waals surface area contributed by atoms with E-state index in [0.717, 1.165) is 18.2 Å². The number of hydroxylamine groups is 1. The predicted octanol–water partition coefficient (Wildman–Crippen LogP) is 1.76. The SMILES string of the molecule is O=C1OC2CC(NS(=O)(=O)c3ccc(OCc4cc(F)ccc4F)cc3)(C(=O)NO)CC2O1. The van der Waals surface area contributed by atoms with E-state index in [1.807, 2.05) is 0 Å². The largest absolute Gasteiger partial charge is 0.509 e. The van der Waals surface area contributed by atoms with E-state index in [-0.39, 0.29) is 35.7 Å². The fraction of sp³-hybridized carbons (Fsp3) is 0.300. The van der Waals surface area contributed by atoms with Gasteiger partial charge in [0.05, 0.1) is 4.90 Å². The van der Waals surface area contributed by atoms with Gasteiger partial charge in [0.1, 0.15) is 41.7 Å². The molecule has 2 aromatic rings. The number of carbonyl (C=O) groups is 2. The first kappa shape index (κ1) is 22.9. The van der Waals surface area contributed by atoms with E-state index in [9.17, 15) is 26.8 Å². The normalized spacial score (nSPS) is 24.0. The van der Waals surface area contributed by atoms with Crippen LogP contribution in [0.3, 0.4) is 0 Å². The quantitative estimate of drug-likeness (QED) is 0.307. The Morgan fingerprint density at radius 2 is 1.76 bits per heavy atom. The molecule has 2 aliphatic rings. The van der Waals surface area contributed by atoms with Crippen molar-refractivity contribution in [3.63, 3.8) is 0 Å². The van der Waals surface area contributed by atoms with Crippen LogP contribution >= 0.6 is 0 Å². The van der Waals surface area contributed by atoms with Crippen LogP contribution in [-0.2, 0) is 30.9 Å². The van der Waals surface area contributed by atoms with Crippen molar-refractivity contribution < 1.29 is 46.2 Å². The summed E-state index contributed by atoms with van der Waals surface area (Å²) in [4.78, 5) is 23.3. The zero-order valence-electron chi connectivity index (χ0n) is 16.8. The number of carbonyl (C=O) groups excluding carboxylic acids is 2. The summed E-state index contributed by atoms with van der Waals surface area (Å²) in [5.41, 5.74) is -0.393. The van der Waals surface area contributed by atoms with Gasteiger partial charge in [-0.3, -0.25) is 10.0 Å². The number of rotatable bonds is 7. The number of ether oxygens (including phenoxy) is 3. The second-order valence-electron chi connectivity index (χ2n) is 7.60. The van der Waals surface area contributed by atoms with Crippen LogP contribution in [0, 0.1) is 11.6 Å². The van der Waals surface area contributed by atoms with Crippen molar-refractivity contribution >= 4 is 22.1 Å². The van der Waals surface area contributed by atoms with E-state index in [4.69, 9.17) is 19.4 Å². The molecule has 0 spiro atoms. The maximum atomic E-state index is 13.7. The number of sulfonamides is 1. The summed E-state index contributed by atoms with van der Waals surface area (Å²) in [6.07, 6.45) is -3.10. The number of halogens is 2. The van der Waals surface area contributed by atoms with Gasteiger partial charge in [-0.1, -0.05) is 0 Å². The topological polar surface area (TPSA) is 140 Å². The number of benzene rings is 2. The molecule has 0 aromatic heterocycles. The molecule has 2 unspecified atom stereocenters. The molecule has 1 aliphatic carbocycles. The lowest BCUT2D eigenvalue weighted by atomic mass is 9.98. The van der Waals surface area contributed by atoms with E-state index in [2.05, 4.69) is 4.72 Å². The first-order valence-corrected chi connectivity index (χ1v) is 11.1. The molecule has 2 atom stereocenters. The number of nitrogens with one attached hydrogen (secondary N) is 2. The minimum atomic E-state index is -4.28. The summed E-state index contributed by atoms with van der Waals surface area (Å²) >= 11 is 0. The van der Waals surface area contributed by atoms with Gasteiger partial charge in [0, 0.05) is 18.4 Å². The molecule has 176 valence electrons. The minimum absolute atomic E-state index is 0.0139. The van der Waals surface area contributed by atoms with Gasteiger partial charge in [-0.25, -0.2) is 27.5 Å². The highest BCUT2D eigenvalue weighted by molar-refractivity contribution is 7.89. The fourth-order valence-electron chi connectivity index (χ4n) is 3.81. The molecule has 3 N–H and O–H groups in total. The Balaban J connectivity index is 1.48. The van der Waals surface area contributed by atoms with Crippen molar-refractivity contribution in [3.05, 3.63) is 59.7 Å². The lowest BCUT2D eigenvalue weighted by molar-refractivity contribution is -0.136. The average molecular weight is 484 g/mol. The van der Waals surface area contributed by atoms with E-state index in [0.29, 0.717) is 0 Å². The molecule has 33 heavy (non-hydrogen) atoms. The lowest BCUT2D eigenvalue weighted by Crippen LogP contribution is -2.57. The summed E-state index contributed by atoms with van der Waals surface area (Å²) in [5, 5.41) is 9.12. The molecule has 2 aromatic carbocycles. The molecule has 0 bridgehead atoms. The zero-order valence-corrected chi connectivity index (χ0v) is 17.6. The lowest BCUT2D eigenvalue weighted by Gasteiger charge is -2.27. The maximum Gasteiger partial charge on any atom is 0.509 e. The standard InChI is InChI=1S/C20H18F2N2O8S/c21-12-1-6-15(22)11(7-12)10-30-13-2-4-14(5-3-13)33(28,29)24-20(18(25)23-27)8-16-17(9-20)32-19(26)31-16/h1-7,16-17,24,27H,8-10H2,(H,23,25). The number of fused-ring (bicyclic) bond motifs is 1. The van der Waals surface area contributed by atoms with Gasteiger partial charge in [0.2, 0.25) is 10.0 Å². The van der Waals surface area contributed by atoms with Crippen LogP contribution in [0.2, 0.25) is 0 Å². The van der Waals surface area contributed by atoms with Crippen LogP contribution in [0.1, 0.15) is 18.4 Å². The maximum absolute atomic E-state index is 13.7. The van der Waals surface area contributed by atoms with Gasteiger partial charge in [0.25, 0.3) is 5.91 Å². The van der Waals surface area contributed by atoms with Crippen LogP contribution in [0.4, 0.5) is 13.6 Å². The molecule has 10 nitrogen and oxygen atoms in total. The molecule has 1 saturated carbocycles. The number of hydrogen-bond acceptors (Lipinski definition) is 8. The van der Waals surface area contributed by atoms with E-state index >= 15 is 0 Å². The Morgan fingerprint density at radius 3 is 2.36 bits per heavy atom. The first-order valence-electron chi connectivity index (χ1n) is 9.64. The molecular formula is C20H18F2N2O8S. The molecule has 1 aliphatic heterocycles. The van der Waals surface area contributed by atoms with Crippen molar-refractivity contribution in [1.82, 2.24) is 10.2 Å². The first-order chi connectivity index (χ1) is 15.6. The molecule has 4 rings (SSSR count). The molecule has 2 fully saturated rings. The van der Waals surface area contributed by atoms with E-state index < -0.39 is 51.5 Å². The van der Waals surface area contributed by atoms with Crippen LogP contribution in [0.25, 0.3) is 0 Å². The third-order valence-corrected chi connectivity index (χ3v) is 6.96. The third-order valence-electron chi connectivity index (χ3n) is 5.41. The summed E-state index contributed by atoms with van der Waals surface area (Å²) in [7, 11) is -4.28. The molecular weight excluding hydrogens is 466 g/mol. The van der Waals surface area contributed by atoms with Gasteiger partial charge >= 0.3 is 6.16 Å². The van der Waals surface area contributed by atoms with Gasteiger partial charge in [0.15, 0.2) is 0 Å². The monoisotopic (exact) mass is 484 g/mol. The summed E-state index contributed by atoms with van der Waals surface area (Å²) in [6, 6.07) is 7.92. The Hall–Kier alpha value is -3.29. The highest BCUT2D eigenvalue weighted by Crippen LogP contribution is 2.39. The molecule has 1 saturated heterocycles. The van der Waals surface area contributed by atoms with Crippen molar-refractivity contribution in [1.29, 1.82) is 0 Å². The van der Waals surface area contributed by atoms with Crippen molar-refractivity contribution in [3.8, 4) is 5.75 Å². The van der Waals surface area contributed by atoms with Crippen molar-refractivity contribution in [2.45, 2.75) is 42.1 Å². The zero-order chi connectivity index (χ0) is 23.8. The fourth-order valence-corrected chi connectivity index (χ4v) is 5.20. The van der Waals surface area contributed by atoms with Crippen LogP contribution in [0.5, 0.6) is 5.75 Å². The second-order valence-corrected chi connectivity index (χ2v) is 9.28. The van der Waals surface area contributed by atoms with E-state index in [1.165, 1.54) is 29.7 Å².